The Labute approximate surface area is 100 Å². The molecule has 0 aliphatic heterocycles. The molecule has 1 amide bonds. The summed E-state index contributed by atoms with van der Waals surface area (Å²) in [5.41, 5.74) is 1.27. The molecule has 4 heteroatoms. The molecule has 1 rings (SSSR count). The molecular formula is C12H16N2OS. The average Bonchev–Trinajstić information content (AvgIpc) is 2.66. The lowest BCUT2D eigenvalue weighted by atomic mass is 10.1. The van der Waals surface area contributed by atoms with E-state index in [4.69, 9.17) is 5.26 Å². The van der Waals surface area contributed by atoms with Crippen LogP contribution < -0.4 is 5.32 Å². The van der Waals surface area contributed by atoms with Gasteiger partial charge in [0.2, 0.25) is 5.91 Å². The second kappa shape index (κ2) is 6.29. The maximum Gasteiger partial charge on any atom is 0.237 e. The van der Waals surface area contributed by atoms with Gasteiger partial charge in [-0.15, -0.1) is 11.3 Å². The van der Waals surface area contributed by atoms with Crippen molar-refractivity contribution in [3.05, 3.63) is 21.9 Å². The first-order chi connectivity index (χ1) is 7.69. The van der Waals surface area contributed by atoms with E-state index in [1.54, 1.807) is 11.3 Å². The third-order valence-corrected chi connectivity index (χ3v) is 3.58. The average molecular weight is 236 g/mol. The molecule has 1 aromatic heterocycles. The van der Waals surface area contributed by atoms with Crippen molar-refractivity contribution in [2.24, 2.45) is 5.92 Å². The molecule has 1 heterocycles. The van der Waals surface area contributed by atoms with Crippen LogP contribution >= 0.6 is 11.3 Å². The predicted octanol–water partition coefficient (Wildman–Crippen LogP) is 2.27. The fraction of sp³-hybridized carbons (Fsp3) is 0.500. The zero-order chi connectivity index (χ0) is 12.0. The number of amides is 1. The van der Waals surface area contributed by atoms with Crippen LogP contribution in [0.2, 0.25) is 0 Å². The molecule has 0 fully saturated rings. The fourth-order valence-electron chi connectivity index (χ4n) is 1.42. The van der Waals surface area contributed by atoms with Crippen molar-refractivity contribution in [1.29, 1.82) is 5.26 Å². The monoisotopic (exact) mass is 236 g/mol. The molecular weight excluding hydrogens is 220 g/mol. The molecule has 1 atom stereocenters. The SMILES string of the molecule is CCC(C#N)C(=O)NCCc1sccc1C. The van der Waals surface area contributed by atoms with Gasteiger partial charge in [0.25, 0.3) is 0 Å². The van der Waals surface area contributed by atoms with E-state index in [1.807, 2.05) is 13.0 Å². The molecule has 1 unspecified atom stereocenters. The molecule has 0 radical (unpaired) electrons. The van der Waals surface area contributed by atoms with Gasteiger partial charge in [0, 0.05) is 11.4 Å². The number of hydrogen-bond donors (Lipinski definition) is 1. The van der Waals surface area contributed by atoms with Gasteiger partial charge in [-0.1, -0.05) is 6.92 Å². The number of nitrogens with zero attached hydrogens (tertiary/aromatic N) is 1. The molecule has 0 aliphatic carbocycles. The summed E-state index contributed by atoms with van der Waals surface area (Å²) in [7, 11) is 0. The van der Waals surface area contributed by atoms with Crippen LogP contribution in [0.3, 0.4) is 0 Å². The molecule has 86 valence electrons. The summed E-state index contributed by atoms with van der Waals surface area (Å²) in [5.74, 6) is -0.663. The number of carbonyl (C=O) groups is 1. The van der Waals surface area contributed by atoms with E-state index in [1.165, 1.54) is 10.4 Å². The Morgan fingerprint density at radius 2 is 2.44 bits per heavy atom. The van der Waals surface area contributed by atoms with Crippen LogP contribution in [-0.4, -0.2) is 12.5 Å². The minimum atomic E-state index is -0.510. The maximum absolute atomic E-state index is 11.5. The van der Waals surface area contributed by atoms with Crippen molar-refractivity contribution >= 4 is 17.2 Å². The first kappa shape index (κ1) is 12.7. The predicted molar refractivity (Wildman–Crippen MR) is 65.2 cm³/mol. The normalized spacial score (nSPS) is 11.8. The van der Waals surface area contributed by atoms with Crippen LogP contribution in [0.1, 0.15) is 23.8 Å². The molecule has 3 nitrogen and oxygen atoms in total. The second-order valence-electron chi connectivity index (χ2n) is 3.66. The summed E-state index contributed by atoms with van der Waals surface area (Å²) in [5, 5.41) is 13.6. The van der Waals surface area contributed by atoms with Gasteiger partial charge < -0.3 is 5.32 Å². The zero-order valence-electron chi connectivity index (χ0n) is 9.62. The van der Waals surface area contributed by atoms with Crippen molar-refractivity contribution in [3.63, 3.8) is 0 Å². The van der Waals surface area contributed by atoms with E-state index in [0.29, 0.717) is 13.0 Å². The summed E-state index contributed by atoms with van der Waals surface area (Å²) in [6.07, 6.45) is 1.41. The minimum absolute atomic E-state index is 0.154. The van der Waals surface area contributed by atoms with Gasteiger partial charge in [0.15, 0.2) is 0 Å². The Morgan fingerprint density at radius 3 is 2.94 bits per heavy atom. The van der Waals surface area contributed by atoms with E-state index in [9.17, 15) is 4.79 Å². The van der Waals surface area contributed by atoms with Gasteiger partial charge in [0.1, 0.15) is 5.92 Å². The zero-order valence-corrected chi connectivity index (χ0v) is 10.4. The Balaban J connectivity index is 2.34. The molecule has 0 spiro atoms. The lowest BCUT2D eigenvalue weighted by Gasteiger charge is -2.07. The summed E-state index contributed by atoms with van der Waals surface area (Å²) < 4.78 is 0. The molecule has 0 saturated heterocycles. The summed E-state index contributed by atoms with van der Waals surface area (Å²) in [6.45, 7) is 4.52. The molecule has 1 aromatic rings. The maximum atomic E-state index is 11.5. The highest BCUT2D eigenvalue weighted by Crippen LogP contribution is 2.15. The fourth-order valence-corrected chi connectivity index (χ4v) is 2.33. The molecule has 16 heavy (non-hydrogen) atoms. The van der Waals surface area contributed by atoms with Gasteiger partial charge in [0.05, 0.1) is 6.07 Å². The largest absolute Gasteiger partial charge is 0.355 e. The molecule has 0 saturated carbocycles. The van der Waals surface area contributed by atoms with E-state index >= 15 is 0 Å². The summed E-state index contributed by atoms with van der Waals surface area (Å²) >= 11 is 1.70. The van der Waals surface area contributed by atoms with E-state index < -0.39 is 5.92 Å². The van der Waals surface area contributed by atoms with Crippen molar-refractivity contribution in [2.45, 2.75) is 26.7 Å². The van der Waals surface area contributed by atoms with Crippen LogP contribution in [0.4, 0.5) is 0 Å². The highest BCUT2D eigenvalue weighted by atomic mass is 32.1. The van der Waals surface area contributed by atoms with Gasteiger partial charge in [-0.05, 0) is 36.8 Å². The standard InChI is InChI=1S/C12H16N2OS/c1-3-10(8-13)12(15)14-6-4-11-9(2)5-7-16-11/h5,7,10H,3-4,6H2,1-2H3,(H,14,15). The van der Waals surface area contributed by atoms with Crippen LogP contribution in [0.5, 0.6) is 0 Å². The molecule has 0 aliphatic rings. The number of nitrogens with one attached hydrogen (secondary N) is 1. The van der Waals surface area contributed by atoms with Crippen molar-refractivity contribution in [2.75, 3.05) is 6.54 Å². The van der Waals surface area contributed by atoms with Crippen LogP contribution in [0.25, 0.3) is 0 Å². The van der Waals surface area contributed by atoms with Crippen LogP contribution in [-0.2, 0) is 11.2 Å². The Morgan fingerprint density at radius 1 is 1.69 bits per heavy atom. The smallest absolute Gasteiger partial charge is 0.237 e. The third kappa shape index (κ3) is 3.35. The first-order valence-corrected chi connectivity index (χ1v) is 6.27. The van der Waals surface area contributed by atoms with Gasteiger partial charge in [-0.3, -0.25) is 4.79 Å². The van der Waals surface area contributed by atoms with E-state index in [2.05, 4.69) is 23.7 Å². The molecule has 1 N–H and O–H groups in total. The first-order valence-electron chi connectivity index (χ1n) is 5.39. The highest BCUT2D eigenvalue weighted by Gasteiger charge is 2.14. The van der Waals surface area contributed by atoms with Crippen LogP contribution in [0.15, 0.2) is 11.4 Å². The number of thiophene rings is 1. The second-order valence-corrected chi connectivity index (χ2v) is 4.66. The number of carbonyl (C=O) groups excluding carboxylic acids is 1. The van der Waals surface area contributed by atoms with Gasteiger partial charge in [-0.25, -0.2) is 0 Å². The molecule has 0 aromatic carbocycles. The summed E-state index contributed by atoms with van der Waals surface area (Å²) in [4.78, 5) is 12.8. The quantitative estimate of drug-likeness (QED) is 0.852. The lowest BCUT2D eigenvalue weighted by Crippen LogP contribution is -2.31. The highest BCUT2D eigenvalue weighted by molar-refractivity contribution is 7.10. The lowest BCUT2D eigenvalue weighted by molar-refractivity contribution is -0.123. The topological polar surface area (TPSA) is 52.9 Å². The number of rotatable bonds is 5. The number of aryl methyl sites for hydroxylation is 1. The Kier molecular flexibility index (Phi) is 5.00. The molecule has 0 bridgehead atoms. The van der Waals surface area contributed by atoms with Crippen LogP contribution in [0, 0.1) is 24.2 Å². The van der Waals surface area contributed by atoms with Crippen molar-refractivity contribution in [3.8, 4) is 6.07 Å². The number of nitriles is 1. The van der Waals surface area contributed by atoms with Gasteiger partial charge in [-0.2, -0.15) is 5.26 Å². The van der Waals surface area contributed by atoms with E-state index in [0.717, 1.165) is 6.42 Å². The van der Waals surface area contributed by atoms with E-state index in [-0.39, 0.29) is 5.91 Å². The minimum Gasteiger partial charge on any atom is -0.355 e. The third-order valence-electron chi connectivity index (χ3n) is 2.50. The Hall–Kier alpha value is -1.34. The van der Waals surface area contributed by atoms with Crippen molar-refractivity contribution < 1.29 is 4.79 Å². The van der Waals surface area contributed by atoms with Crippen molar-refractivity contribution in [1.82, 2.24) is 5.32 Å². The summed E-state index contributed by atoms with van der Waals surface area (Å²) in [6, 6.07) is 4.07. The Bertz CT molecular complexity index is 392. The van der Waals surface area contributed by atoms with Gasteiger partial charge >= 0.3 is 0 Å². The number of hydrogen-bond acceptors (Lipinski definition) is 3.